The first-order chi connectivity index (χ1) is 10.3. The van der Waals surface area contributed by atoms with Crippen LogP contribution in [0.25, 0.3) is 11.3 Å². The first kappa shape index (κ1) is 13.6. The quantitative estimate of drug-likeness (QED) is 0.868. The molecular formula is C17H16N2O2. The smallest absolute Gasteiger partial charge is 0.269 e. The van der Waals surface area contributed by atoms with Crippen LogP contribution in [0.5, 0.6) is 0 Å². The fraction of sp³-hybridized carbons (Fsp3) is 0.294. The molecule has 1 unspecified atom stereocenters. The third-order valence-corrected chi connectivity index (χ3v) is 3.77. The molecule has 4 nitrogen and oxygen atoms in total. The number of benzene rings is 1. The van der Waals surface area contributed by atoms with Gasteiger partial charge in [0.25, 0.3) is 5.56 Å². The van der Waals surface area contributed by atoms with Gasteiger partial charge in [-0.15, -0.1) is 0 Å². The van der Waals surface area contributed by atoms with Crippen LogP contribution in [-0.4, -0.2) is 17.3 Å². The highest BCUT2D eigenvalue weighted by molar-refractivity contribution is 5.60. The highest BCUT2D eigenvalue weighted by Gasteiger charge is 2.19. The van der Waals surface area contributed by atoms with Crippen molar-refractivity contribution in [2.24, 2.45) is 0 Å². The molecule has 21 heavy (non-hydrogen) atoms. The van der Waals surface area contributed by atoms with Crippen LogP contribution < -0.4 is 5.56 Å². The number of pyridine rings is 1. The molecule has 4 heteroatoms. The van der Waals surface area contributed by atoms with Crippen molar-refractivity contribution in [3.05, 3.63) is 58.4 Å². The Morgan fingerprint density at radius 1 is 1.24 bits per heavy atom. The SMILES string of the molecule is N#Cc1ccc(-c2ccccc2)n(CC2CCCO2)c1=O. The second-order valence-electron chi connectivity index (χ2n) is 5.16. The number of nitrogens with zero attached hydrogens (tertiary/aromatic N) is 2. The Morgan fingerprint density at radius 3 is 2.71 bits per heavy atom. The molecular weight excluding hydrogens is 264 g/mol. The first-order valence-corrected chi connectivity index (χ1v) is 7.10. The lowest BCUT2D eigenvalue weighted by Crippen LogP contribution is -2.29. The summed E-state index contributed by atoms with van der Waals surface area (Å²) in [5.41, 5.74) is 1.73. The van der Waals surface area contributed by atoms with Crippen molar-refractivity contribution >= 4 is 0 Å². The van der Waals surface area contributed by atoms with E-state index in [-0.39, 0.29) is 17.2 Å². The molecule has 0 radical (unpaired) electrons. The summed E-state index contributed by atoms with van der Waals surface area (Å²) >= 11 is 0. The molecule has 1 aromatic carbocycles. The van der Waals surface area contributed by atoms with Gasteiger partial charge in [-0.25, -0.2) is 0 Å². The van der Waals surface area contributed by atoms with Crippen LogP contribution in [0.4, 0.5) is 0 Å². The topological polar surface area (TPSA) is 55.0 Å². The molecule has 1 aliphatic rings. The summed E-state index contributed by atoms with van der Waals surface area (Å²) < 4.78 is 7.30. The molecule has 1 aliphatic heterocycles. The summed E-state index contributed by atoms with van der Waals surface area (Å²) in [4.78, 5) is 12.5. The molecule has 2 heterocycles. The lowest BCUT2D eigenvalue weighted by atomic mass is 10.1. The van der Waals surface area contributed by atoms with Crippen LogP contribution >= 0.6 is 0 Å². The lowest BCUT2D eigenvalue weighted by Gasteiger charge is -2.17. The number of aromatic nitrogens is 1. The zero-order valence-electron chi connectivity index (χ0n) is 11.7. The lowest BCUT2D eigenvalue weighted by molar-refractivity contribution is 0.0965. The van der Waals surface area contributed by atoms with Crippen molar-refractivity contribution in [2.45, 2.75) is 25.5 Å². The Bertz CT molecular complexity index is 723. The van der Waals surface area contributed by atoms with Crippen molar-refractivity contribution in [3.63, 3.8) is 0 Å². The van der Waals surface area contributed by atoms with E-state index in [2.05, 4.69) is 0 Å². The molecule has 1 fully saturated rings. The second-order valence-corrected chi connectivity index (χ2v) is 5.16. The number of nitriles is 1. The minimum Gasteiger partial charge on any atom is -0.376 e. The normalized spacial score (nSPS) is 17.6. The fourth-order valence-electron chi connectivity index (χ4n) is 2.70. The van der Waals surface area contributed by atoms with Gasteiger partial charge in [-0.05, 0) is 30.5 Å². The van der Waals surface area contributed by atoms with E-state index in [0.29, 0.717) is 6.54 Å². The summed E-state index contributed by atoms with van der Waals surface area (Å²) in [5.74, 6) is 0. The van der Waals surface area contributed by atoms with E-state index in [0.717, 1.165) is 30.7 Å². The maximum Gasteiger partial charge on any atom is 0.269 e. The van der Waals surface area contributed by atoms with Gasteiger partial charge in [-0.3, -0.25) is 4.79 Å². The maximum atomic E-state index is 12.5. The third-order valence-electron chi connectivity index (χ3n) is 3.77. The molecule has 1 aromatic heterocycles. The van der Waals surface area contributed by atoms with Crippen LogP contribution in [0.15, 0.2) is 47.3 Å². The summed E-state index contributed by atoms with van der Waals surface area (Å²) in [6.07, 6.45) is 2.04. The molecule has 106 valence electrons. The summed E-state index contributed by atoms with van der Waals surface area (Å²) in [6, 6.07) is 15.1. The van der Waals surface area contributed by atoms with Crippen molar-refractivity contribution in [1.82, 2.24) is 4.57 Å². The summed E-state index contributed by atoms with van der Waals surface area (Å²) in [5, 5.41) is 9.07. The van der Waals surface area contributed by atoms with E-state index in [1.165, 1.54) is 0 Å². The first-order valence-electron chi connectivity index (χ1n) is 7.10. The fourth-order valence-corrected chi connectivity index (χ4v) is 2.70. The van der Waals surface area contributed by atoms with Gasteiger partial charge in [0.1, 0.15) is 11.6 Å². The molecule has 0 N–H and O–H groups in total. The van der Waals surface area contributed by atoms with Crippen LogP contribution in [0.1, 0.15) is 18.4 Å². The summed E-state index contributed by atoms with van der Waals surface area (Å²) in [6.45, 7) is 1.25. The van der Waals surface area contributed by atoms with Crippen molar-refractivity contribution in [3.8, 4) is 17.3 Å². The van der Waals surface area contributed by atoms with Gasteiger partial charge in [0.05, 0.1) is 18.3 Å². The zero-order valence-corrected chi connectivity index (χ0v) is 11.7. The second kappa shape index (κ2) is 5.94. The van der Waals surface area contributed by atoms with Gasteiger partial charge in [0.15, 0.2) is 0 Å². The Balaban J connectivity index is 2.09. The highest BCUT2D eigenvalue weighted by Crippen LogP contribution is 2.21. The van der Waals surface area contributed by atoms with Crippen LogP contribution in [-0.2, 0) is 11.3 Å². The van der Waals surface area contributed by atoms with Gasteiger partial charge < -0.3 is 9.30 Å². The Hall–Kier alpha value is -2.38. The van der Waals surface area contributed by atoms with Gasteiger partial charge >= 0.3 is 0 Å². The van der Waals surface area contributed by atoms with Crippen LogP contribution in [0.3, 0.4) is 0 Å². The summed E-state index contributed by atoms with van der Waals surface area (Å²) in [7, 11) is 0. The number of hydrogen-bond acceptors (Lipinski definition) is 3. The Morgan fingerprint density at radius 2 is 2.05 bits per heavy atom. The van der Waals surface area contributed by atoms with Crippen molar-refractivity contribution < 1.29 is 4.74 Å². The Labute approximate surface area is 123 Å². The minimum absolute atomic E-state index is 0.0547. The van der Waals surface area contributed by atoms with E-state index in [1.54, 1.807) is 10.6 Å². The number of ether oxygens (including phenoxy) is 1. The molecule has 0 aliphatic carbocycles. The number of hydrogen-bond donors (Lipinski definition) is 0. The minimum atomic E-state index is -0.241. The number of rotatable bonds is 3. The van der Waals surface area contributed by atoms with Gasteiger partial charge in [0.2, 0.25) is 0 Å². The maximum absolute atomic E-state index is 12.5. The molecule has 2 aromatic rings. The van der Waals surface area contributed by atoms with E-state index in [1.807, 2.05) is 42.5 Å². The third kappa shape index (κ3) is 2.74. The van der Waals surface area contributed by atoms with E-state index in [9.17, 15) is 4.79 Å². The predicted octanol–water partition coefficient (Wildman–Crippen LogP) is 2.57. The van der Waals surface area contributed by atoms with Crippen LogP contribution in [0.2, 0.25) is 0 Å². The van der Waals surface area contributed by atoms with Gasteiger partial charge in [-0.1, -0.05) is 30.3 Å². The van der Waals surface area contributed by atoms with Crippen LogP contribution in [0, 0.1) is 11.3 Å². The van der Waals surface area contributed by atoms with Crippen molar-refractivity contribution in [1.29, 1.82) is 5.26 Å². The van der Waals surface area contributed by atoms with E-state index < -0.39 is 0 Å². The standard InChI is InChI=1S/C17H16N2O2/c18-11-14-8-9-16(13-5-2-1-3-6-13)19(17(14)20)12-15-7-4-10-21-15/h1-3,5-6,8-9,15H,4,7,10,12H2. The van der Waals surface area contributed by atoms with E-state index >= 15 is 0 Å². The Kier molecular flexibility index (Phi) is 3.85. The highest BCUT2D eigenvalue weighted by atomic mass is 16.5. The van der Waals surface area contributed by atoms with E-state index in [4.69, 9.17) is 10.00 Å². The monoisotopic (exact) mass is 280 g/mol. The molecule has 0 saturated carbocycles. The van der Waals surface area contributed by atoms with Crippen molar-refractivity contribution in [2.75, 3.05) is 6.61 Å². The average Bonchev–Trinajstić information content (AvgIpc) is 3.03. The molecule has 0 spiro atoms. The molecule has 3 rings (SSSR count). The largest absolute Gasteiger partial charge is 0.376 e. The zero-order chi connectivity index (χ0) is 14.7. The predicted molar refractivity (Wildman–Crippen MR) is 79.8 cm³/mol. The molecule has 1 atom stereocenters. The molecule has 0 bridgehead atoms. The van der Waals surface area contributed by atoms with Gasteiger partial charge in [0, 0.05) is 6.61 Å². The molecule has 0 amide bonds. The van der Waals surface area contributed by atoms with Gasteiger partial charge in [-0.2, -0.15) is 5.26 Å². The average molecular weight is 280 g/mol. The molecule has 1 saturated heterocycles.